The highest BCUT2D eigenvalue weighted by Gasteiger charge is 2.30. The summed E-state index contributed by atoms with van der Waals surface area (Å²) in [5.41, 5.74) is -0.466. The van der Waals surface area contributed by atoms with E-state index in [2.05, 4.69) is 24.9 Å². The number of anilines is 2. The van der Waals surface area contributed by atoms with Gasteiger partial charge in [0.2, 0.25) is 5.78 Å². The highest BCUT2D eigenvalue weighted by atomic mass is 32.2. The number of aromatic amines is 1. The molecule has 0 aliphatic carbocycles. The number of fused-ring (bicyclic) bond motifs is 1. The standard InChI is InChI=1S/C24H17F2N7O4S/c1-37-24-31-9-14(10-32-24)13-7-16-17(12-30-23(16)29-8-13)22(34)20-18(25)4-5-19(21(20)26)33(38(27,35)36)15-3-2-6-28-11-15/h2-12H,1H3,(H,29,30)(H2,27,35,36). The third-order valence-electron chi connectivity index (χ3n) is 5.57. The Morgan fingerprint density at radius 2 is 1.79 bits per heavy atom. The lowest BCUT2D eigenvalue weighted by Gasteiger charge is -2.23. The minimum absolute atomic E-state index is 0.0951. The molecule has 0 radical (unpaired) electrons. The van der Waals surface area contributed by atoms with Gasteiger partial charge in [-0.15, -0.1) is 0 Å². The first kappa shape index (κ1) is 24.9. The molecule has 0 saturated heterocycles. The first-order chi connectivity index (χ1) is 18.2. The summed E-state index contributed by atoms with van der Waals surface area (Å²) in [5.74, 6) is -3.66. The van der Waals surface area contributed by atoms with Gasteiger partial charge in [-0.1, -0.05) is 0 Å². The number of hydrogen-bond acceptors (Lipinski definition) is 8. The number of benzene rings is 1. The molecule has 4 heterocycles. The maximum Gasteiger partial charge on any atom is 0.316 e. The van der Waals surface area contributed by atoms with E-state index in [-0.39, 0.29) is 28.3 Å². The van der Waals surface area contributed by atoms with Gasteiger partial charge >= 0.3 is 16.2 Å². The number of nitrogens with two attached hydrogens (primary N) is 1. The van der Waals surface area contributed by atoms with E-state index in [1.807, 2.05) is 0 Å². The first-order valence-electron chi connectivity index (χ1n) is 10.8. The Balaban J connectivity index is 1.62. The normalized spacial score (nSPS) is 11.5. The number of ketones is 1. The van der Waals surface area contributed by atoms with Crippen LogP contribution in [0.15, 0.2) is 67.5 Å². The Labute approximate surface area is 214 Å². The van der Waals surface area contributed by atoms with Crippen molar-refractivity contribution in [2.24, 2.45) is 5.14 Å². The molecule has 1 aromatic carbocycles. The van der Waals surface area contributed by atoms with Gasteiger partial charge in [-0.05, 0) is 30.3 Å². The lowest BCUT2D eigenvalue weighted by molar-refractivity contribution is 0.103. The molecule has 5 aromatic rings. The van der Waals surface area contributed by atoms with Gasteiger partial charge in [-0.25, -0.2) is 33.2 Å². The summed E-state index contributed by atoms with van der Waals surface area (Å²) in [7, 11) is -3.17. The number of pyridine rings is 2. The topological polar surface area (TPSA) is 157 Å². The van der Waals surface area contributed by atoms with Crippen molar-refractivity contribution in [3.05, 3.63) is 90.3 Å². The molecule has 38 heavy (non-hydrogen) atoms. The van der Waals surface area contributed by atoms with Gasteiger partial charge in [0.25, 0.3) is 0 Å². The van der Waals surface area contributed by atoms with Gasteiger partial charge in [0.05, 0.1) is 30.2 Å². The Bertz CT molecular complexity index is 1780. The van der Waals surface area contributed by atoms with Crippen molar-refractivity contribution in [1.29, 1.82) is 0 Å². The number of halogens is 2. The van der Waals surface area contributed by atoms with Crippen LogP contribution in [-0.4, -0.2) is 46.2 Å². The van der Waals surface area contributed by atoms with Gasteiger partial charge in [-0.2, -0.15) is 8.42 Å². The molecule has 192 valence electrons. The summed E-state index contributed by atoms with van der Waals surface area (Å²) in [6.45, 7) is 0. The summed E-state index contributed by atoms with van der Waals surface area (Å²) in [6, 6.07) is 6.13. The third kappa shape index (κ3) is 4.42. The molecule has 0 bridgehead atoms. The number of carbonyl (C=O) groups excluding carboxylic acids is 1. The van der Waals surface area contributed by atoms with E-state index in [1.54, 1.807) is 6.07 Å². The number of carbonyl (C=O) groups is 1. The molecular weight excluding hydrogens is 520 g/mol. The van der Waals surface area contributed by atoms with Crippen LogP contribution >= 0.6 is 0 Å². The summed E-state index contributed by atoms with van der Waals surface area (Å²) >= 11 is 0. The molecule has 11 nitrogen and oxygen atoms in total. The molecule has 0 unspecified atom stereocenters. The largest absolute Gasteiger partial charge is 0.467 e. The minimum Gasteiger partial charge on any atom is -0.467 e. The van der Waals surface area contributed by atoms with Crippen LogP contribution in [-0.2, 0) is 10.2 Å². The van der Waals surface area contributed by atoms with E-state index in [4.69, 9.17) is 9.88 Å². The molecule has 14 heteroatoms. The van der Waals surface area contributed by atoms with Crippen molar-refractivity contribution < 1.29 is 26.7 Å². The number of hydrogen-bond donors (Lipinski definition) is 2. The first-order valence-corrected chi connectivity index (χ1v) is 12.3. The molecule has 0 amide bonds. The zero-order valence-electron chi connectivity index (χ0n) is 19.5. The van der Waals surface area contributed by atoms with E-state index < -0.39 is 38.9 Å². The number of aromatic nitrogens is 5. The smallest absolute Gasteiger partial charge is 0.316 e. The number of nitrogens with one attached hydrogen (secondary N) is 1. The zero-order valence-corrected chi connectivity index (χ0v) is 20.3. The molecule has 0 saturated carbocycles. The van der Waals surface area contributed by atoms with E-state index in [1.165, 1.54) is 50.2 Å². The van der Waals surface area contributed by atoms with E-state index in [0.717, 1.165) is 18.3 Å². The summed E-state index contributed by atoms with van der Waals surface area (Å²) in [5, 5.41) is 5.60. The fourth-order valence-corrected chi connectivity index (χ4v) is 4.67. The van der Waals surface area contributed by atoms with Crippen molar-refractivity contribution in [1.82, 2.24) is 24.9 Å². The van der Waals surface area contributed by atoms with Crippen LogP contribution in [0.2, 0.25) is 0 Å². The lowest BCUT2D eigenvalue weighted by atomic mass is 10.00. The third-order valence-corrected chi connectivity index (χ3v) is 6.49. The van der Waals surface area contributed by atoms with Crippen molar-refractivity contribution >= 4 is 38.4 Å². The average molecular weight is 538 g/mol. The maximum absolute atomic E-state index is 15.8. The van der Waals surface area contributed by atoms with Crippen LogP contribution in [0.5, 0.6) is 6.01 Å². The summed E-state index contributed by atoms with van der Waals surface area (Å²) in [4.78, 5) is 32.4. The van der Waals surface area contributed by atoms with Crippen molar-refractivity contribution in [3.63, 3.8) is 0 Å². The second-order valence-electron chi connectivity index (χ2n) is 7.89. The van der Waals surface area contributed by atoms with Crippen LogP contribution in [0.4, 0.5) is 20.2 Å². The number of methoxy groups -OCH3 is 1. The number of nitrogens with zero attached hydrogens (tertiary/aromatic N) is 5. The quantitative estimate of drug-likeness (QED) is 0.300. The maximum atomic E-state index is 15.8. The predicted molar refractivity (Wildman–Crippen MR) is 133 cm³/mol. The molecule has 5 rings (SSSR count). The van der Waals surface area contributed by atoms with Crippen molar-refractivity contribution in [2.45, 2.75) is 0 Å². The van der Waals surface area contributed by atoms with Gasteiger partial charge < -0.3 is 9.72 Å². The highest BCUT2D eigenvalue weighted by Crippen LogP contribution is 2.34. The monoisotopic (exact) mass is 537 g/mol. The molecule has 0 aliphatic rings. The van der Waals surface area contributed by atoms with Gasteiger partial charge in [0.15, 0.2) is 5.82 Å². The summed E-state index contributed by atoms with van der Waals surface area (Å²) in [6.07, 6.45) is 8.26. The van der Waals surface area contributed by atoms with Gasteiger partial charge in [-0.3, -0.25) is 9.78 Å². The van der Waals surface area contributed by atoms with Crippen molar-refractivity contribution in [2.75, 3.05) is 11.4 Å². The van der Waals surface area contributed by atoms with Crippen LogP contribution in [0.3, 0.4) is 0 Å². The summed E-state index contributed by atoms with van der Waals surface area (Å²) < 4.78 is 60.8. The highest BCUT2D eigenvalue weighted by molar-refractivity contribution is 7.90. The van der Waals surface area contributed by atoms with E-state index in [0.29, 0.717) is 15.4 Å². The number of rotatable bonds is 7. The Morgan fingerprint density at radius 3 is 2.45 bits per heavy atom. The Kier molecular flexibility index (Phi) is 6.26. The van der Waals surface area contributed by atoms with E-state index in [9.17, 15) is 17.6 Å². The fourth-order valence-electron chi connectivity index (χ4n) is 3.86. The molecule has 4 aromatic heterocycles. The van der Waals surface area contributed by atoms with Crippen LogP contribution in [0.25, 0.3) is 22.2 Å². The zero-order chi connectivity index (χ0) is 27.0. The second kappa shape index (κ2) is 9.57. The van der Waals surface area contributed by atoms with E-state index >= 15 is 4.39 Å². The molecule has 0 atom stereocenters. The van der Waals surface area contributed by atoms with Gasteiger partial charge in [0.1, 0.15) is 11.5 Å². The molecule has 0 aliphatic heterocycles. The van der Waals surface area contributed by atoms with Crippen LogP contribution in [0, 0.1) is 11.6 Å². The van der Waals surface area contributed by atoms with Crippen LogP contribution < -0.4 is 14.2 Å². The molecule has 3 N–H and O–H groups in total. The fraction of sp³-hybridized carbons (Fsp3) is 0.0417. The number of ether oxygens (including phenoxy) is 1. The Hall–Kier alpha value is -4.82. The Morgan fingerprint density at radius 1 is 1.05 bits per heavy atom. The van der Waals surface area contributed by atoms with Crippen LogP contribution in [0.1, 0.15) is 15.9 Å². The minimum atomic E-state index is -4.60. The number of H-pyrrole nitrogens is 1. The predicted octanol–water partition coefficient (Wildman–Crippen LogP) is 3.27. The second-order valence-corrected chi connectivity index (χ2v) is 9.28. The molecular formula is C24H17F2N7O4S. The SMILES string of the molecule is COc1ncc(-c2cnc3[nH]cc(C(=O)c4c(F)ccc(N(c5cccnc5)S(N)(=O)=O)c4F)c3c2)cn1. The van der Waals surface area contributed by atoms with Crippen molar-refractivity contribution in [3.8, 4) is 17.1 Å². The lowest BCUT2D eigenvalue weighted by Crippen LogP contribution is -2.34. The molecule has 0 spiro atoms. The average Bonchev–Trinajstić information content (AvgIpc) is 3.33. The van der Waals surface area contributed by atoms with Gasteiger partial charge in [0, 0.05) is 53.1 Å². The molecule has 0 fully saturated rings.